The van der Waals surface area contributed by atoms with Crippen LogP contribution in [0.4, 0.5) is 14.9 Å². The zero-order valence-electron chi connectivity index (χ0n) is 16.7. The quantitative estimate of drug-likeness (QED) is 0.785. The van der Waals surface area contributed by atoms with Crippen LogP contribution in [0.5, 0.6) is 5.75 Å². The summed E-state index contributed by atoms with van der Waals surface area (Å²) in [7, 11) is 0. The predicted molar refractivity (Wildman–Crippen MR) is 109 cm³/mol. The Morgan fingerprint density at radius 2 is 1.64 bits per heavy atom. The average molecular weight is 385 g/mol. The van der Waals surface area contributed by atoms with E-state index in [0.717, 1.165) is 5.75 Å². The van der Waals surface area contributed by atoms with E-state index in [1.165, 1.54) is 11.6 Å². The predicted octanol–water partition coefficient (Wildman–Crippen LogP) is 4.21. The van der Waals surface area contributed by atoms with Gasteiger partial charge in [0.05, 0.1) is 5.69 Å². The Bertz CT molecular complexity index is 787. The summed E-state index contributed by atoms with van der Waals surface area (Å²) in [5.41, 5.74) is 1.83. The lowest BCUT2D eigenvalue weighted by Crippen LogP contribution is -2.54. The minimum atomic E-state index is -0.443. The first kappa shape index (κ1) is 20.0. The van der Waals surface area contributed by atoms with E-state index in [1.54, 1.807) is 17.0 Å². The smallest absolute Gasteiger partial charge is 0.320 e. The molecule has 1 aliphatic rings. The van der Waals surface area contributed by atoms with Crippen molar-refractivity contribution in [3.63, 3.8) is 0 Å². The molecule has 1 heterocycles. The molecule has 2 aromatic rings. The highest BCUT2D eigenvalue weighted by Crippen LogP contribution is 2.21. The minimum Gasteiger partial charge on any atom is -0.471 e. The number of anilines is 1. The van der Waals surface area contributed by atoms with Crippen molar-refractivity contribution in [3.8, 4) is 5.75 Å². The maximum absolute atomic E-state index is 13.9. The highest BCUT2D eigenvalue weighted by atomic mass is 19.1. The molecule has 0 spiro atoms. The fraction of sp³-hybridized carbons (Fsp3) is 0.409. The first-order valence-electron chi connectivity index (χ1n) is 9.75. The molecule has 6 heteroatoms. The number of carbonyl (C=O) groups excluding carboxylic acids is 1. The van der Waals surface area contributed by atoms with Gasteiger partial charge >= 0.3 is 6.03 Å². The first-order valence-corrected chi connectivity index (χ1v) is 9.75. The second-order valence-electron chi connectivity index (χ2n) is 7.36. The fourth-order valence-electron chi connectivity index (χ4n) is 3.29. The van der Waals surface area contributed by atoms with Gasteiger partial charge in [0.15, 0.2) is 6.23 Å². The number of urea groups is 1. The van der Waals surface area contributed by atoms with Gasteiger partial charge in [0, 0.05) is 26.2 Å². The van der Waals surface area contributed by atoms with Gasteiger partial charge in [0.1, 0.15) is 11.6 Å². The highest BCUT2D eigenvalue weighted by molar-refractivity contribution is 5.74. The zero-order chi connectivity index (χ0) is 20.1. The van der Waals surface area contributed by atoms with Gasteiger partial charge in [-0.05, 0) is 42.7 Å². The number of amides is 2. The van der Waals surface area contributed by atoms with E-state index in [1.807, 2.05) is 42.2 Å². The SMILES string of the molecule is CC(NC(=O)N1CCN(c2ccccc2F)CC1)Oc1ccc(C(C)C)cc1. The van der Waals surface area contributed by atoms with Gasteiger partial charge in [0.25, 0.3) is 0 Å². The first-order chi connectivity index (χ1) is 13.4. The molecule has 0 saturated carbocycles. The second kappa shape index (κ2) is 8.95. The Hall–Kier alpha value is -2.76. The topological polar surface area (TPSA) is 44.8 Å². The van der Waals surface area contributed by atoms with Crippen LogP contribution in [0.15, 0.2) is 48.5 Å². The van der Waals surface area contributed by atoms with Crippen molar-refractivity contribution in [3.05, 3.63) is 59.9 Å². The number of benzene rings is 2. The number of ether oxygens (including phenoxy) is 1. The Morgan fingerprint density at radius 3 is 2.25 bits per heavy atom. The standard InChI is InChI=1S/C22H28FN3O2/c1-16(2)18-8-10-19(11-9-18)28-17(3)24-22(27)26-14-12-25(13-15-26)21-7-5-4-6-20(21)23/h4-11,16-17H,12-15H2,1-3H3,(H,24,27). The third-order valence-electron chi connectivity index (χ3n) is 4.95. The van der Waals surface area contributed by atoms with Crippen molar-refractivity contribution in [1.82, 2.24) is 10.2 Å². The number of hydrogen-bond acceptors (Lipinski definition) is 3. The Labute approximate surface area is 166 Å². The van der Waals surface area contributed by atoms with E-state index in [4.69, 9.17) is 4.74 Å². The number of nitrogens with one attached hydrogen (secondary N) is 1. The van der Waals surface area contributed by atoms with E-state index in [0.29, 0.717) is 37.8 Å². The molecular formula is C22H28FN3O2. The Morgan fingerprint density at radius 1 is 1.00 bits per heavy atom. The van der Waals surface area contributed by atoms with Crippen LogP contribution in [0.3, 0.4) is 0 Å². The number of hydrogen-bond donors (Lipinski definition) is 1. The summed E-state index contributed by atoms with van der Waals surface area (Å²) in [6.07, 6.45) is -0.443. The number of carbonyl (C=O) groups is 1. The summed E-state index contributed by atoms with van der Waals surface area (Å²) >= 11 is 0. The van der Waals surface area contributed by atoms with Gasteiger partial charge in [0.2, 0.25) is 0 Å². The summed E-state index contributed by atoms with van der Waals surface area (Å²) in [6, 6.07) is 14.5. The Balaban J connectivity index is 1.48. The van der Waals surface area contributed by atoms with E-state index in [2.05, 4.69) is 19.2 Å². The summed E-state index contributed by atoms with van der Waals surface area (Å²) in [5, 5.41) is 2.87. The molecule has 0 aliphatic carbocycles. The van der Waals surface area contributed by atoms with Gasteiger partial charge in [-0.25, -0.2) is 9.18 Å². The molecule has 5 nitrogen and oxygen atoms in total. The normalized spacial score (nSPS) is 15.5. The molecule has 1 N–H and O–H groups in total. The van der Waals surface area contributed by atoms with Crippen molar-refractivity contribution >= 4 is 11.7 Å². The van der Waals surface area contributed by atoms with Gasteiger partial charge in [-0.15, -0.1) is 0 Å². The summed E-state index contributed by atoms with van der Waals surface area (Å²) in [5.74, 6) is 0.960. The molecule has 1 aliphatic heterocycles. The van der Waals surface area contributed by atoms with E-state index in [-0.39, 0.29) is 11.8 Å². The van der Waals surface area contributed by atoms with Gasteiger partial charge < -0.3 is 19.9 Å². The molecule has 0 aromatic heterocycles. The molecular weight excluding hydrogens is 357 g/mol. The molecule has 28 heavy (non-hydrogen) atoms. The summed E-state index contributed by atoms with van der Waals surface area (Å²) in [6.45, 7) is 8.37. The molecule has 1 fully saturated rings. The van der Waals surface area contributed by atoms with Crippen LogP contribution in [-0.2, 0) is 0 Å². The van der Waals surface area contributed by atoms with Crippen LogP contribution in [-0.4, -0.2) is 43.3 Å². The van der Waals surface area contributed by atoms with Gasteiger partial charge in [-0.2, -0.15) is 0 Å². The number of halogens is 1. The zero-order valence-corrected chi connectivity index (χ0v) is 16.7. The lowest BCUT2D eigenvalue weighted by atomic mass is 10.0. The van der Waals surface area contributed by atoms with Crippen molar-refractivity contribution < 1.29 is 13.9 Å². The highest BCUT2D eigenvalue weighted by Gasteiger charge is 2.23. The number of para-hydroxylation sites is 1. The molecule has 150 valence electrons. The van der Waals surface area contributed by atoms with E-state index >= 15 is 0 Å². The average Bonchev–Trinajstić information content (AvgIpc) is 2.69. The third kappa shape index (κ3) is 4.94. The largest absolute Gasteiger partial charge is 0.471 e. The van der Waals surface area contributed by atoms with Crippen LogP contribution >= 0.6 is 0 Å². The molecule has 1 saturated heterocycles. The molecule has 3 rings (SSSR count). The lowest BCUT2D eigenvalue weighted by molar-refractivity contribution is 0.151. The van der Waals surface area contributed by atoms with Crippen molar-refractivity contribution in [2.24, 2.45) is 0 Å². The van der Waals surface area contributed by atoms with Gasteiger partial charge in [-0.3, -0.25) is 0 Å². The maximum atomic E-state index is 13.9. The van der Waals surface area contributed by atoms with Crippen LogP contribution in [0.25, 0.3) is 0 Å². The van der Waals surface area contributed by atoms with E-state index < -0.39 is 6.23 Å². The summed E-state index contributed by atoms with van der Waals surface area (Å²) < 4.78 is 19.7. The number of nitrogens with zero attached hydrogens (tertiary/aromatic N) is 2. The number of rotatable bonds is 5. The van der Waals surface area contributed by atoms with Crippen molar-refractivity contribution in [2.75, 3.05) is 31.1 Å². The van der Waals surface area contributed by atoms with Crippen LogP contribution in [0.1, 0.15) is 32.3 Å². The molecule has 0 bridgehead atoms. The van der Waals surface area contributed by atoms with Gasteiger partial charge in [-0.1, -0.05) is 38.1 Å². The summed E-state index contributed by atoms with van der Waals surface area (Å²) in [4.78, 5) is 16.2. The molecule has 1 unspecified atom stereocenters. The molecule has 1 atom stereocenters. The second-order valence-corrected chi connectivity index (χ2v) is 7.36. The molecule has 2 amide bonds. The molecule has 0 radical (unpaired) electrons. The van der Waals surface area contributed by atoms with E-state index in [9.17, 15) is 9.18 Å². The fourth-order valence-corrected chi connectivity index (χ4v) is 3.29. The van der Waals surface area contributed by atoms with Crippen LogP contribution < -0.4 is 15.0 Å². The lowest BCUT2D eigenvalue weighted by Gasteiger charge is -2.36. The Kier molecular flexibility index (Phi) is 6.39. The minimum absolute atomic E-state index is 0.167. The van der Waals surface area contributed by atoms with Crippen LogP contribution in [0.2, 0.25) is 0 Å². The molecule has 2 aromatic carbocycles. The maximum Gasteiger partial charge on any atom is 0.320 e. The van der Waals surface area contributed by atoms with Crippen LogP contribution in [0, 0.1) is 5.82 Å². The van der Waals surface area contributed by atoms with Crippen molar-refractivity contribution in [1.29, 1.82) is 0 Å². The van der Waals surface area contributed by atoms with Crippen molar-refractivity contribution in [2.45, 2.75) is 32.9 Å². The monoisotopic (exact) mass is 385 g/mol. The third-order valence-corrected chi connectivity index (χ3v) is 4.95. The number of piperazine rings is 1.